The van der Waals surface area contributed by atoms with Gasteiger partial charge in [0.1, 0.15) is 4.90 Å². The van der Waals surface area contributed by atoms with E-state index in [1.807, 2.05) is 0 Å². The van der Waals surface area contributed by atoms with Crippen molar-refractivity contribution in [1.82, 2.24) is 14.9 Å². The van der Waals surface area contributed by atoms with Crippen LogP contribution >= 0.6 is 0 Å². The molecule has 7 heteroatoms. The summed E-state index contributed by atoms with van der Waals surface area (Å²) in [5.74, 6) is 0.352. The van der Waals surface area contributed by atoms with Crippen molar-refractivity contribution in [2.24, 2.45) is 11.7 Å². The van der Waals surface area contributed by atoms with Crippen molar-refractivity contribution >= 4 is 10.0 Å². The molecule has 1 unspecified atom stereocenters. The monoisotopic (exact) mass is 272 g/mol. The first-order chi connectivity index (χ1) is 8.63. The number of aromatic nitrogens is 2. The predicted molar refractivity (Wildman–Crippen MR) is 68.3 cm³/mol. The summed E-state index contributed by atoms with van der Waals surface area (Å²) in [6.07, 6.45) is 8.34. The Bertz CT molecular complexity index is 451. The molecule has 0 aliphatic heterocycles. The fourth-order valence-electron chi connectivity index (χ4n) is 2.53. The molecule has 1 aromatic rings. The first-order valence-electron chi connectivity index (χ1n) is 6.34. The summed E-state index contributed by atoms with van der Waals surface area (Å²) in [4.78, 5) is 0.164. The Morgan fingerprint density at radius 3 is 2.72 bits per heavy atom. The second-order valence-corrected chi connectivity index (χ2v) is 6.51. The maximum absolute atomic E-state index is 12.1. The molecule has 1 atom stereocenters. The van der Waals surface area contributed by atoms with Gasteiger partial charge in [0.2, 0.25) is 10.0 Å². The Morgan fingerprint density at radius 2 is 2.17 bits per heavy atom. The first kappa shape index (κ1) is 13.5. The van der Waals surface area contributed by atoms with E-state index in [0.717, 1.165) is 25.7 Å². The third-order valence-electron chi connectivity index (χ3n) is 3.56. The molecule has 1 saturated carbocycles. The highest BCUT2D eigenvalue weighted by Gasteiger charge is 2.27. The van der Waals surface area contributed by atoms with Crippen LogP contribution in [0, 0.1) is 5.92 Å². The Morgan fingerprint density at radius 1 is 1.44 bits per heavy atom. The van der Waals surface area contributed by atoms with E-state index in [1.54, 1.807) is 0 Å². The van der Waals surface area contributed by atoms with Gasteiger partial charge in [-0.2, -0.15) is 5.10 Å². The van der Waals surface area contributed by atoms with Gasteiger partial charge in [-0.05, 0) is 18.8 Å². The van der Waals surface area contributed by atoms with Crippen molar-refractivity contribution in [2.75, 3.05) is 6.54 Å². The quantitative estimate of drug-likeness (QED) is 0.730. The number of nitrogens with two attached hydrogens (primary N) is 1. The number of hydrogen-bond acceptors (Lipinski definition) is 4. The highest BCUT2D eigenvalue weighted by molar-refractivity contribution is 7.89. The first-order valence-corrected chi connectivity index (χ1v) is 7.83. The van der Waals surface area contributed by atoms with E-state index < -0.39 is 10.0 Å². The molecule has 6 nitrogen and oxygen atoms in total. The van der Waals surface area contributed by atoms with Crippen LogP contribution in [-0.4, -0.2) is 31.2 Å². The van der Waals surface area contributed by atoms with E-state index in [1.165, 1.54) is 18.8 Å². The number of H-pyrrole nitrogens is 1. The molecule has 1 heterocycles. The Kier molecular flexibility index (Phi) is 4.36. The number of aromatic amines is 1. The van der Waals surface area contributed by atoms with Gasteiger partial charge in [-0.1, -0.05) is 19.3 Å². The van der Waals surface area contributed by atoms with Crippen molar-refractivity contribution in [2.45, 2.75) is 43.0 Å². The molecule has 0 spiro atoms. The van der Waals surface area contributed by atoms with Crippen LogP contribution in [0.25, 0.3) is 0 Å². The fraction of sp³-hybridized carbons (Fsp3) is 0.727. The Hall–Kier alpha value is -0.920. The summed E-state index contributed by atoms with van der Waals surface area (Å²) in [6.45, 7) is 0.335. The summed E-state index contributed by atoms with van der Waals surface area (Å²) in [6, 6.07) is -0.176. The van der Waals surface area contributed by atoms with Gasteiger partial charge in [0.25, 0.3) is 0 Å². The molecule has 102 valence electrons. The minimum absolute atomic E-state index is 0.164. The minimum atomic E-state index is -3.50. The SMILES string of the molecule is NCC(NS(=O)(=O)c1cn[nH]c1)C1CCCCC1. The largest absolute Gasteiger partial charge is 0.329 e. The number of sulfonamides is 1. The number of rotatable bonds is 5. The zero-order valence-electron chi connectivity index (χ0n) is 10.3. The lowest BCUT2D eigenvalue weighted by Crippen LogP contribution is -2.45. The highest BCUT2D eigenvalue weighted by atomic mass is 32.2. The summed E-state index contributed by atoms with van der Waals surface area (Å²) >= 11 is 0. The lowest BCUT2D eigenvalue weighted by atomic mass is 9.84. The fourth-order valence-corrected chi connectivity index (χ4v) is 3.75. The second kappa shape index (κ2) is 5.81. The third kappa shape index (κ3) is 3.09. The van der Waals surface area contributed by atoms with E-state index >= 15 is 0 Å². The van der Waals surface area contributed by atoms with Crippen LogP contribution in [0.2, 0.25) is 0 Å². The van der Waals surface area contributed by atoms with Crippen LogP contribution in [0.3, 0.4) is 0 Å². The van der Waals surface area contributed by atoms with E-state index in [4.69, 9.17) is 5.73 Å². The molecule has 18 heavy (non-hydrogen) atoms. The molecule has 0 amide bonds. The molecule has 1 aliphatic carbocycles. The van der Waals surface area contributed by atoms with Crippen LogP contribution < -0.4 is 10.5 Å². The van der Waals surface area contributed by atoms with Crippen molar-refractivity contribution in [3.8, 4) is 0 Å². The third-order valence-corrected chi connectivity index (χ3v) is 5.02. The van der Waals surface area contributed by atoms with Gasteiger partial charge in [0.15, 0.2) is 0 Å². The van der Waals surface area contributed by atoms with Gasteiger partial charge >= 0.3 is 0 Å². The number of hydrogen-bond donors (Lipinski definition) is 3. The van der Waals surface area contributed by atoms with E-state index in [2.05, 4.69) is 14.9 Å². The summed E-state index contributed by atoms with van der Waals surface area (Å²) in [5, 5.41) is 6.16. The van der Waals surface area contributed by atoms with Crippen molar-refractivity contribution in [3.05, 3.63) is 12.4 Å². The molecule has 0 aromatic carbocycles. The predicted octanol–water partition coefficient (Wildman–Crippen LogP) is 0.596. The second-order valence-electron chi connectivity index (χ2n) is 4.80. The lowest BCUT2D eigenvalue weighted by Gasteiger charge is -2.29. The van der Waals surface area contributed by atoms with Crippen LogP contribution in [0.5, 0.6) is 0 Å². The molecular formula is C11H20N4O2S. The van der Waals surface area contributed by atoms with Crippen molar-refractivity contribution in [1.29, 1.82) is 0 Å². The number of nitrogens with zero attached hydrogens (tertiary/aromatic N) is 1. The van der Waals surface area contributed by atoms with Gasteiger partial charge in [-0.15, -0.1) is 0 Å². The van der Waals surface area contributed by atoms with Crippen LogP contribution in [0.15, 0.2) is 17.3 Å². The minimum Gasteiger partial charge on any atom is -0.329 e. The van der Waals surface area contributed by atoms with E-state index in [0.29, 0.717) is 12.5 Å². The van der Waals surface area contributed by atoms with Crippen LogP contribution in [-0.2, 0) is 10.0 Å². The molecule has 4 N–H and O–H groups in total. The van der Waals surface area contributed by atoms with Crippen LogP contribution in [0.1, 0.15) is 32.1 Å². The smallest absolute Gasteiger partial charge is 0.243 e. The zero-order chi connectivity index (χ0) is 13.0. The molecule has 1 aromatic heterocycles. The molecule has 1 aliphatic rings. The van der Waals surface area contributed by atoms with Crippen LogP contribution in [0.4, 0.5) is 0 Å². The van der Waals surface area contributed by atoms with Gasteiger partial charge < -0.3 is 5.73 Å². The van der Waals surface area contributed by atoms with Gasteiger partial charge in [0.05, 0.1) is 6.20 Å². The van der Waals surface area contributed by atoms with Crippen molar-refractivity contribution < 1.29 is 8.42 Å². The van der Waals surface area contributed by atoms with E-state index in [-0.39, 0.29) is 10.9 Å². The average Bonchev–Trinajstić information content (AvgIpc) is 2.92. The molecule has 0 radical (unpaired) electrons. The molecule has 1 fully saturated rings. The lowest BCUT2D eigenvalue weighted by molar-refractivity contribution is 0.294. The Labute approximate surface area is 107 Å². The van der Waals surface area contributed by atoms with Gasteiger partial charge in [-0.3, -0.25) is 5.10 Å². The Balaban J connectivity index is 2.06. The highest BCUT2D eigenvalue weighted by Crippen LogP contribution is 2.26. The average molecular weight is 272 g/mol. The maximum Gasteiger partial charge on any atom is 0.243 e. The summed E-state index contributed by atoms with van der Waals surface area (Å²) < 4.78 is 26.9. The number of nitrogens with one attached hydrogen (secondary N) is 2. The molecule has 0 saturated heterocycles. The summed E-state index contributed by atoms with van der Waals surface area (Å²) in [5.41, 5.74) is 5.71. The van der Waals surface area contributed by atoms with Gasteiger partial charge in [-0.25, -0.2) is 13.1 Å². The topological polar surface area (TPSA) is 101 Å². The zero-order valence-corrected chi connectivity index (χ0v) is 11.1. The van der Waals surface area contributed by atoms with Crippen molar-refractivity contribution in [3.63, 3.8) is 0 Å². The maximum atomic E-state index is 12.1. The summed E-state index contributed by atoms with van der Waals surface area (Å²) in [7, 11) is -3.50. The van der Waals surface area contributed by atoms with E-state index in [9.17, 15) is 8.42 Å². The molecular weight excluding hydrogens is 252 g/mol. The molecule has 2 rings (SSSR count). The standard InChI is InChI=1S/C11H20N4O2S/c12-6-11(9-4-2-1-3-5-9)15-18(16,17)10-7-13-14-8-10/h7-9,11,15H,1-6,12H2,(H,13,14). The normalized spacial score (nSPS) is 19.8. The van der Waals surface area contributed by atoms with Gasteiger partial charge in [0, 0.05) is 18.8 Å². The molecule has 0 bridgehead atoms.